The number of hydrogen-bond donors (Lipinski definition) is 0. The van der Waals surface area contributed by atoms with Crippen LogP contribution in [0.2, 0.25) is 19.6 Å². The van der Waals surface area contributed by atoms with Crippen molar-refractivity contribution in [3.05, 3.63) is 82.6 Å². The Kier molecular flexibility index (Phi) is 12.9. The van der Waals surface area contributed by atoms with Crippen LogP contribution >= 0.6 is 0 Å². The van der Waals surface area contributed by atoms with Crippen LogP contribution in [0.1, 0.15) is 38.8 Å². The van der Waals surface area contributed by atoms with Gasteiger partial charge in [-0.25, -0.2) is 10.8 Å². The Labute approximate surface area is 212 Å². The molecule has 4 heteroatoms. The number of fused-ring (bicyclic) bond motifs is 3. The van der Waals surface area contributed by atoms with Gasteiger partial charge in [-0.3, -0.25) is 6.08 Å². The molecule has 2 aliphatic carbocycles. The van der Waals surface area contributed by atoms with Crippen molar-refractivity contribution in [2.24, 2.45) is 5.92 Å². The Morgan fingerprint density at radius 1 is 1.00 bits per heavy atom. The zero-order valence-corrected chi connectivity index (χ0v) is 24.1. The maximum atomic E-state index is 3.43. The SMILES string of the molecule is CC1=[C-]C(C)C=C1[Si](C)(C)C.C[C](C)=[Zr+2].[Cl-].[Cl-].[c-]1cccc2c1Cc1ccccc1-2. The molecular formula is C26H32Cl2SiZr-2. The zero-order chi connectivity index (χ0) is 20.9. The van der Waals surface area contributed by atoms with E-state index in [1.807, 2.05) is 6.07 Å². The molecule has 0 aliphatic heterocycles. The van der Waals surface area contributed by atoms with Crippen molar-refractivity contribution in [3.63, 3.8) is 0 Å². The molecule has 0 amide bonds. The number of allylic oxidation sites excluding steroid dienone is 4. The Morgan fingerprint density at radius 3 is 2.07 bits per heavy atom. The Balaban J connectivity index is 0.000000457. The second-order valence-corrected chi connectivity index (χ2v) is 16.3. The van der Waals surface area contributed by atoms with Crippen LogP contribution in [0.5, 0.6) is 0 Å². The average Bonchev–Trinajstić information content (AvgIpc) is 3.14. The van der Waals surface area contributed by atoms with Crippen molar-refractivity contribution in [1.82, 2.24) is 0 Å². The first kappa shape index (κ1) is 29.5. The van der Waals surface area contributed by atoms with Crippen molar-refractivity contribution in [3.8, 4) is 11.1 Å². The summed E-state index contributed by atoms with van der Waals surface area (Å²) in [5, 5.41) is 1.60. The average molecular weight is 535 g/mol. The summed E-state index contributed by atoms with van der Waals surface area (Å²) < 4.78 is 1.51. The standard InChI is InChI=1S/C13H9.C10H17Si.C3H6.2ClH.Zr/c1-3-7-12-10(5-1)9-11-6-2-4-8-13(11)12;1-8-6-9(2)10(7-8)11(3,4)5;1-3-2;;;/h1-5,7-8H,9H2;7-8H,1-5H3;1-2H3;2*1H;/q2*-1;;;;+2/p-2. The van der Waals surface area contributed by atoms with E-state index in [9.17, 15) is 0 Å². The first-order valence-corrected chi connectivity index (χ1v) is 14.7. The Hall–Kier alpha value is -0.530. The van der Waals surface area contributed by atoms with Crippen LogP contribution in [0.3, 0.4) is 0 Å². The summed E-state index contributed by atoms with van der Waals surface area (Å²) in [4.78, 5) is 0. The summed E-state index contributed by atoms with van der Waals surface area (Å²) in [5.74, 6) is 0.553. The first-order chi connectivity index (χ1) is 13.1. The molecule has 160 valence electrons. The molecule has 1 atom stereocenters. The Morgan fingerprint density at radius 2 is 1.57 bits per heavy atom. The molecular weight excluding hydrogens is 503 g/mol. The van der Waals surface area contributed by atoms with Crippen LogP contribution in [-0.2, 0) is 30.7 Å². The Bertz CT molecular complexity index is 860. The van der Waals surface area contributed by atoms with Crippen LogP contribution in [0.25, 0.3) is 11.1 Å². The van der Waals surface area contributed by atoms with Gasteiger partial charge in [0.05, 0.1) is 0 Å². The van der Waals surface area contributed by atoms with Crippen LogP contribution in [0.4, 0.5) is 0 Å². The molecule has 0 spiro atoms. The predicted molar refractivity (Wildman–Crippen MR) is 123 cm³/mol. The summed E-state index contributed by atoms with van der Waals surface area (Å²) in [7, 11) is -1.07. The second-order valence-electron chi connectivity index (χ2n) is 8.78. The van der Waals surface area contributed by atoms with E-state index in [0.29, 0.717) is 5.92 Å². The normalized spacial score (nSPS) is 15.4. The van der Waals surface area contributed by atoms with E-state index in [4.69, 9.17) is 0 Å². The minimum Gasteiger partial charge on any atom is -1.00 e. The topological polar surface area (TPSA) is 0 Å². The van der Waals surface area contributed by atoms with E-state index in [1.54, 1.807) is 29.4 Å². The molecule has 0 fully saturated rings. The fourth-order valence-electron chi connectivity index (χ4n) is 3.65. The van der Waals surface area contributed by atoms with E-state index in [1.165, 1.54) is 31.0 Å². The molecule has 0 heterocycles. The van der Waals surface area contributed by atoms with Crippen molar-refractivity contribution in [2.45, 2.75) is 53.8 Å². The van der Waals surface area contributed by atoms with Crippen LogP contribution in [0, 0.1) is 18.1 Å². The first-order valence-electron chi connectivity index (χ1n) is 10.0. The van der Waals surface area contributed by atoms with Gasteiger partial charge in [-0.05, 0) is 14.5 Å². The third-order valence-electron chi connectivity index (χ3n) is 4.69. The van der Waals surface area contributed by atoms with Gasteiger partial charge in [0.15, 0.2) is 0 Å². The molecule has 2 aromatic carbocycles. The van der Waals surface area contributed by atoms with E-state index in [0.717, 1.165) is 6.42 Å². The molecule has 0 N–H and O–H groups in total. The fraction of sp³-hybridized carbons (Fsp3) is 0.346. The molecule has 30 heavy (non-hydrogen) atoms. The zero-order valence-electron chi connectivity index (χ0n) is 19.2. The second kappa shape index (κ2) is 13.1. The molecule has 2 aliphatic rings. The molecule has 4 rings (SSSR count). The number of benzene rings is 2. The van der Waals surface area contributed by atoms with Crippen LogP contribution in [0.15, 0.2) is 59.3 Å². The van der Waals surface area contributed by atoms with E-state index in [2.05, 4.69) is 102 Å². The van der Waals surface area contributed by atoms with E-state index >= 15 is 0 Å². The van der Waals surface area contributed by atoms with E-state index < -0.39 is 8.07 Å². The number of halogens is 2. The molecule has 0 bridgehead atoms. The van der Waals surface area contributed by atoms with Gasteiger partial charge in [0, 0.05) is 0 Å². The third-order valence-corrected chi connectivity index (χ3v) is 6.85. The minimum absolute atomic E-state index is 0. The van der Waals surface area contributed by atoms with Crippen LogP contribution in [-0.4, -0.2) is 11.3 Å². The van der Waals surface area contributed by atoms with Gasteiger partial charge >= 0.3 is 41.3 Å². The van der Waals surface area contributed by atoms with Gasteiger partial charge < -0.3 is 24.8 Å². The third kappa shape index (κ3) is 8.54. The summed E-state index contributed by atoms with van der Waals surface area (Å²) in [6, 6.07) is 18.1. The maximum Gasteiger partial charge on any atom is -0.0253 e. The molecule has 0 radical (unpaired) electrons. The fourth-order valence-corrected chi connectivity index (χ4v) is 5.59. The minimum atomic E-state index is -1.07. The van der Waals surface area contributed by atoms with Gasteiger partial charge in [-0.15, -0.1) is 5.56 Å². The van der Waals surface area contributed by atoms with Crippen LogP contribution < -0.4 is 24.8 Å². The summed E-state index contributed by atoms with van der Waals surface area (Å²) in [6.45, 7) is 15.8. The summed E-state index contributed by atoms with van der Waals surface area (Å²) in [6.07, 6.45) is 6.86. The largest absolute Gasteiger partial charge is 1.00 e. The molecule has 0 saturated carbocycles. The smallest absolute Gasteiger partial charge is 0.0253 e. The molecule has 0 aromatic heterocycles. The van der Waals surface area contributed by atoms with Gasteiger partial charge in [-0.2, -0.15) is 35.9 Å². The predicted octanol–water partition coefficient (Wildman–Crippen LogP) is 1.00. The van der Waals surface area contributed by atoms with Crippen molar-refractivity contribution < 1.29 is 49.0 Å². The summed E-state index contributed by atoms with van der Waals surface area (Å²) >= 11 is 1.55. The molecule has 2 aromatic rings. The maximum absolute atomic E-state index is 3.43. The number of hydrogen-bond acceptors (Lipinski definition) is 0. The monoisotopic (exact) mass is 532 g/mol. The van der Waals surface area contributed by atoms with Gasteiger partial charge in [0.2, 0.25) is 0 Å². The molecule has 0 nitrogen and oxygen atoms in total. The van der Waals surface area contributed by atoms with E-state index in [-0.39, 0.29) is 24.8 Å². The van der Waals surface area contributed by atoms with Crippen molar-refractivity contribution in [1.29, 1.82) is 0 Å². The van der Waals surface area contributed by atoms with Gasteiger partial charge in [0.1, 0.15) is 0 Å². The number of rotatable bonds is 1. The molecule has 1 unspecified atom stereocenters. The summed E-state index contributed by atoms with van der Waals surface area (Å²) in [5.41, 5.74) is 6.91. The van der Waals surface area contributed by atoms with Gasteiger partial charge in [0.25, 0.3) is 0 Å². The molecule has 0 saturated heterocycles. The quantitative estimate of drug-likeness (QED) is 0.323. The van der Waals surface area contributed by atoms with Gasteiger partial charge in [-0.1, -0.05) is 74.8 Å². The van der Waals surface area contributed by atoms with Crippen molar-refractivity contribution >= 4 is 11.3 Å². The van der Waals surface area contributed by atoms with Crippen molar-refractivity contribution in [2.75, 3.05) is 0 Å².